The summed E-state index contributed by atoms with van der Waals surface area (Å²) in [7, 11) is 0. The van der Waals surface area contributed by atoms with Crippen molar-refractivity contribution in [1.29, 1.82) is 0 Å². The number of nitrogens with zero attached hydrogens (tertiary/aromatic N) is 1. The molecule has 0 amide bonds. The van der Waals surface area contributed by atoms with Gasteiger partial charge in [0, 0.05) is 24.5 Å². The van der Waals surface area contributed by atoms with Crippen LogP contribution in [-0.2, 0) is 0 Å². The summed E-state index contributed by atoms with van der Waals surface area (Å²) in [5, 5.41) is 7.20. The molecule has 1 fully saturated rings. The zero-order valence-corrected chi connectivity index (χ0v) is 14.3. The van der Waals surface area contributed by atoms with Crippen LogP contribution in [0.4, 0.5) is 11.4 Å². The number of rotatable bonds is 4. The zero-order chi connectivity index (χ0) is 16.1. The molecule has 23 heavy (non-hydrogen) atoms. The lowest BCUT2D eigenvalue weighted by Crippen LogP contribution is -2.30. The number of thiocarbonyl (C=S) groups is 1. The molecule has 0 aliphatic carbocycles. The van der Waals surface area contributed by atoms with E-state index in [9.17, 15) is 0 Å². The average Bonchev–Trinajstić information content (AvgIpc) is 3.10. The van der Waals surface area contributed by atoms with Crippen LogP contribution in [0.1, 0.15) is 31.4 Å². The summed E-state index contributed by atoms with van der Waals surface area (Å²) in [4.78, 5) is 2.45. The molecule has 1 heterocycles. The van der Waals surface area contributed by atoms with Crippen LogP contribution in [0, 0.1) is 0 Å². The van der Waals surface area contributed by atoms with Crippen molar-refractivity contribution in [3.63, 3.8) is 0 Å². The fraction of sp³-hybridized carbons (Fsp3) is 0.316. The second-order valence-electron chi connectivity index (χ2n) is 5.97. The molecule has 1 unspecified atom stereocenters. The van der Waals surface area contributed by atoms with E-state index >= 15 is 0 Å². The maximum atomic E-state index is 5.39. The van der Waals surface area contributed by atoms with Crippen LogP contribution in [0.25, 0.3) is 0 Å². The lowest BCUT2D eigenvalue weighted by atomic mass is 10.1. The van der Waals surface area contributed by atoms with Gasteiger partial charge < -0.3 is 15.5 Å². The summed E-state index contributed by atoms with van der Waals surface area (Å²) < 4.78 is 0. The summed E-state index contributed by atoms with van der Waals surface area (Å²) in [6, 6.07) is 19.0. The molecule has 1 aliphatic rings. The normalized spacial score (nSPS) is 15.3. The maximum Gasteiger partial charge on any atom is 0.171 e. The highest BCUT2D eigenvalue weighted by Gasteiger charge is 2.13. The highest BCUT2D eigenvalue weighted by molar-refractivity contribution is 7.80. The topological polar surface area (TPSA) is 27.3 Å². The molecule has 2 N–H and O–H groups in total. The zero-order valence-electron chi connectivity index (χ0n) is 13.5. The van der Waals surface area contributed by atoms with Crippen molar-refractivity contribution < 1.29 is 0 Å². The molecule has 0 radical (unpaired) electrons. The number of benzene rings is 2. The number of para-hydroxylation sites is 1. The largest absolute Gasteiger partial charge is 0.372 e. The van der Waals surface area contributed by atoms with E-state index in [0.717, 1.165) is 5.69 Å². The monoisotopic (exact) mass is 325 g/mol. The minimum Gasteiger partial charge on any atom is -0.372 e. The molecule has 4 heteroatoms. The van der Waals surface area contributed by atoms with Gasteiger partial charge in [-0.25, -0.2) is 0 Å². The van der Waals surface area contributed by atoms with Gasteiger partial charge in [-0.05, 0) is 61.8 Å². The van der Waals surface area contributed by atoms with Gasteiger partial charge in [0.05, 0.1) is 6.04 Å². The molecule has 1 saturated heterocycles. The molecule has 1 atom stereocenters. The molecule has 3 rings (SSSR count). The van der Waals surface area contributed by atoms with Crippen LogP contribution in [0.5, 0.6) is 0 Å². The average molecular weight is 325 g/mol. The molecule has 0 saturated carbocycles. The molecule has 120 valence electrons. The minimum absolute atomic E-state index is 0.173. The second kappa shape index (κ2) is 7.47. The van der Waals surface area contributed by atoms with E-state index in [1.54, 1.807) is 0 Å². The number of anilines is 2. The molecule has 0 aromatic heterocycles. The number of hydrogen-bond donors (Lipinski definition) is 2. The smallest absolute Gasteiger partial charge is 0.171 e. The van der Waals surface area contributed by atoms with Gasteiger partial charge in [-0.3, -0.25) is 0 Å². The highest BCUT2D eigenvalue weighted by atomic mass is 32.1. The third kappa shape index (κ3) is 4.23. The van der Waals surface area contributed by atoms with Crippen LogP contribution < -0.4 is 15.5 Å². The van der Waals surface area contributed by atoms with Crippen molar-refractivity contribution in [2.75, 3.05) is 23.3 Å². The second-order valence-corrected chi connectivity index (χ2v) is 6.38. The van der Waals surface area contributed by atoms with Crippen molar-refractivity contribution in [2.45, 2.75) is 25.8 Å². The van der Waals surface area contributed by atoms with Gasteiger partial charge in [-0.15, -0.1) is 0 Å². The number of hydrogen-bond acceptors (Lipinski definition) is 2. The predicted octanol–water partition coefficient (Wildman–Crippen LogP) is 4.33. The van der Waals surface area contributed by atoms with E-state index in [1.807, 2.05) is 30.3 Å². The van der Waals surface area contributed by atoms with Gasteiger partial charge in [-0.2, -0.15) is 0 Å². The first-order chi connectivity index (χ1) is 11.2. The Labute approximate surface area is 143 Å². The Bertz CT molecular complexity index is 633. The van der Waals surface area contributed by atoms with Crippen LogP contribution in [0.2, 0.25) is 0 Å². The quantitative estimate of drug-likeness (QED) is 0.818. The van der Waals surface area contributed by atoms with Gasteiger partial charge in [0.25, 0.3) is 0 Å². The Hall–Kier alpha value is -2.07. The molecule has 1 aliphatic heterocycles. The van der Waals surface area contributed by atoms with E-state index in [1.165, 1.54) is 37.2 Å². The van der Waals surface area contributed by atoms with Gasteiger partial charge in [-0.1, -0.05) is 30.3 Å². The summed E-state index contributed by atoms with van der Waals surface area (Å²) in [6.45, 7) is 4.49. The Balaban J connectivity index is 1.57. The predicted molar refractivity (Wildman–Crippen MR) is 102 cm³/mol. The molecule has 2 aromatic carbocycles. The molecule has 3 nitrogen and oxygen atoms in total. The van der Waals surface area contributed by atoms with Crippen LogP contribution >= 0.6 is 12.2 Å². The Morgan fingerprint density at radius 2 is 1.65 bits per heavy atom. The molecular formula is C19H23N3S. The summed E-state index contributed by atoms with van der Waals surface area (Å²) in [5.41, 5.74) is 3.56. The van der Waals surface area contributed by atoms with Crippen molar-refractivity contribution >= 4 is 28.7 Å². The Kier molecular flexibility index (Phi) is 5.13. The summed E-state index contributed by atoms with van der Waals surface area (Å²) in [5.74, 6) is 0. The molecular weight excluding hydrogens is 302 g/mol. The van der Waals surface area contributed by atoms with Crippen molar-refractivity contribution in [3.05, 3.63) is 60.2 Å². The van der Waals surface area contributed by atoms with Crippen LogP contribution in [-0.4, -0.2) is 18.2 Å². The van der Waals surface area contributed by atoms with Crippen LogP contribution in [0.15, 0.2) is 54.6 Å². The number of nitrogens with one attached hydrogen (secondary N) is 2. The third-order valence-corrected chi connectivity index (χ3v) is 4.46. The maximum absolute atomic E-state index is 5.39. The van der Waals surface area contributed by atoms with E-state index in [-0.39, 0.29) is 6.04 Å². The Morgan fingerprint density at radius 3 is 2.30 bits per heavy atom. The highest BCUT2D eigenvalue weighted by Crippen LogP contribution is 2.22. The summed E-state index contributed by atoms with van der Waals surface area (Å²) in [6.07, 6.45) is 2.61. The lowest BCUT2D eigenvalue weighted by Gasteiger charge is -2.20. The lowest BCUT2D eigenvalue weighted by molar-refractivity contribution is 0.722. The van der Waals surface area contributed by atoms with Gasteiger partial charge in [0.1, 0.15) is 0 Å². The SMILES string of the molecule is CC(NC(=S)Nc1ccccc1)c1ccc(N2CCCC2)cc1. The van der Waals surface area contributed by atoms with Crippen LogP contribution in [0.3, 0.4) is 0 Å². The first-order valence-corrected chi connectivity index (χ1v) is 8.61. The van der Waals surface area contributed by atoms with Crippen molar-refractivity contribution in [1.82, 2.24) is 5.32 Å². The van der Waals surface area contributed by atoms with Gasteiger partial charge in [0.15, 0.2) is 5.11 Å². The van der Waals surface area contributed by atoms with Gasteiger partial charge >= 0.3 is 0 Å². The van der Waals surface area contributed by atoms with E-state index in [2.05, 4.69) is 46.7 Å². The van der Waals surface area contributed by atoms with E-state index < -0.39 is 0 Å². The fourth-order valence-corrected chi connectivity index (χ4v) is 3.21. The van der Waals surface area contributed by atoms with E-state index in [0.29, 0.717) is 5.11 Å². The fourth-order valence-electron chi connectivity index (χ4n) is 2.92. The van der Waals surface area contributed by atoms with E-state index in [4.69, 9.17) is 12.2 Å². The standard InChI is InChI=1S/C19H23N3S/c1-15(20-19(23)21-17-7-3-2-4-8-17)16-9-11-18(12-10-16)22-13-5-6-14-22/h2-4,7-12,15H,5-6,13-14H2,1H3,(H2,20,21,23). The van der Waals surface area contributed by atoms with Crippen molar-refractivity contribution in [3.8, 4) is 0 Å². The molecule has 0 bridgehead atoms. The minimum atomic E-state index is 0.173. The first kappa shape index (κ1) is 15.8. The first-order valence-electron chi connectivity index (χ1n) is 8.20. The summed E-state index contributed by atoms with van der Waals surface area (Å²) >= 11 is 5.39. The van der Waals surface area contributed by atoms with Crippen molar-refractivity contribution in [2.24, 2.45) is 0 Å². The molecule has 2 aromatic rings. The van der Waals surface area contributed by atoms with Gasteiger partial charge in [0.2, 0.25) is 0 Å². The third-order valence-electron chi connectivity index (χ3n) is 4.24. The molecule has 0 spiro atoms. The Morgan fingerprint density at radius 1 is 1.00 bits per heavy atom.